The monoisotopic (exact) mass is 292 g/mol. The number of benzene rings is 1. The van der Waals surface area contributed by atoms with Crippen LogP contribution in [0.3, 0.4) is 0 Å². The predicted octanol–water partition coefficient (Wildman–Crippen LogP) is 4.29. The number of unbranched alkanes of at least 4 members (excludes halogenated alkanes) is 1. The Morgan fingerprint density at radius 1 is 1.35 bits per heavy atom. The maximum Gasteiger partial charge on any atom is 0.102 e. The molecule has 1 rings (SSSR count). The van der Waals surface area contributed by atoms with Gasteiger partial charge in [0, 0.05) is 18.0 Å². The molecule has 0 heterocycles. The van der Waals surface area contributed by atoms with Gasteiger partial charge in [0.2, 0.25) is 0 Å². The van der Waals surface area contributed by atoms with Crippen molar-refractivity contribution in [2.45, 2.75) is 44.6 Å². The van der Waals surface area contributed by atoms with Gasteiger partial charge in [0.1, 0.15) is 6.07 Å². The number of thioether (sulfide) groups is 1. The van der Waals surface area contributed by atoms with E-state index in [1.165, 1.54) is 0 Å². The standard InChI is InChI=1S/C16H24N2OS/c1-4-20-16-9-7-8-15(14(16)12-17)18-10-5-6-11-19-13(2)3/h7-9,13,18H,4-6,10-11H2,1-3H3. The SMILES string of the molecule is CCSc1cccc(NCCCCOC(C)C)c1C#N. The molecule has 4 heteroatoms. The molecular weight excluding hydrogens is 268 g/mol. The van der Waals surface area contributed by atoms with Gasteiger partial charge in [-0.1, -0.05) is 13.0 Å². The first-order valence-electron chi connectivity index (χ1n) is 7.20. The molecule has 0 aliphatic heterocycles. The third kappa shape index (κ3) is 5.85. The summed E-state index contributed by atoms with van der Waals surface area (Å²) in [5, 5.41) is 12.7. The van der Waals surface area contributed by atoms with Gasteiger partial charge in [0.25, 0.3) is 0 Å². The molecule has 0 aliphatic rings. The first-order chi connectivity index (χ1) is 9.69. The quantitative estimate of drug-likeness (QED) is 0.545. The molecule has 0 saturated heterocycles. The lowest BCUT2D eigenvalue weighted by Crippen LogP contribution is -2.07. The summed E-state index contributed by atoms with van der Waals surface area (Å²) in [5.41, 5.74) is 1.70. The first-order valence-corrected chi connectivity index (χ1v) is 8.19. The Labute approximate surface area is 126 Å². The molecule has 0 aromatic heterocycles. The van der Waals surface area contributed by atoms with Crippen molar-refractivity contribution in [3.8, 4) is 6.07 Å². The van der Waals surface area contributed by atoms with Crippen LogP contribution in [0, 0.1) is 11.3 Å². The van der Waals surface area contributed by atoms with Crippen LogP contribution in [0.5, 0.6) is 0 Å². The number of ether oxygens (including phenoxy) is 1. The van der Waals surface area contributed by atoms with Crippen molar-refractivity contribution in [1.82, 2.24) is 0 Å². The van der Waals surface area contributed by atoms with Crippen molar-refractivity contribution in [2.75, 3.05) is 24.2 Å². The van der Waals surface area contributed by atoms with Crippen molar-refractivity contribution in [2.24, 2.45) is 0 Å². The Morgan fingerprint density at radius 2 is 2.15 bits per heavy atom. The van der Waals surface area contributed by atoms with E-state index in [0.717, 1.165) is 47.9 Å². The smallest absolute Gasteiger partial charge is 0.102 e. The lowest BCUT2D eigenvalue weighted by Gasteiger charge is -2.11. The van der Waals surface area contributed by atoms with E-state index in [-0.39, 0.29) is 0 Å². The molecule has 1 aromatic rings. The second-order valence-electron chi connectivity index (χ2n) is 4.78. The Balaban J connectivity index is 2.44. The Morgan fingerprint density at radius 3 is 2.80 bits per heavy atom. The van der Waals surface area contributed by atoms with Gasteiger partial charge >= 0.3 is 0 Å². The van der Waals surface area contributed by atoms with E-state index in [2.05, 4.69) is 18.3 Å². The fourth-order valence-corrected chi connectivity index (χ4v) is 2.62. The van der Waals surface area contributed by atoms with E-state index in [1.54, 1.807) is 11.8 Å². The van der Waals surface area contributed by atoms with E-state index in [4.69, 9.17) is 4.74 Å². The zero-order chi connectivity index (χ0) is 14.8. The highest BCUT2D eigenvalue weighted by atomic mass is 32.2. The molecule has 110 valence electrons. The second-order valence-corrected chi connectivity index (χ2v) is 6.08. The molecule has 0 unspecified atom stereocenters. The summed E-state index contributed by atoms with van der Waals surface area (Å²) in [4.78, 5) is 1.06. The summed E-state index contributed by atoms with van der Waals surface area (Å²) >= 11 is 1.71. The third-order valence-corrected chi connectivity index (χ3v) is 3.72. The maximum absolute atomic E-state index is 9.30. The average Bonchev–Trinajstić information content (AvgIpc) is 2.43. The topological polar surface area (TPSA) is 45.0 Å². The molecule has 20 heavy (non-hydrogen) atoms. The Kier molecular flexibility index (Phi) is 8.17. The number of nitriles is 1. The molecule has 1 aromatic carbocycles. The minimum absolute atomic E-state index is 0.302. The highest BCUT2D eigenvalue weighted by molar-refractivity contribution is 7.99. The van der Waals surface area contributed by atoms with E-state index in [9.17, 15) is 5.26 Å². The summed E-state index contributed by atoms with van der Waals surface area (Å²) in [7, 11) is 0. The predicted molar refractivity (Wildman–Crippen MR) is 86.4 cm³/mol. The molecule has 0 atom stereocenters. The number of hydrogen-bond acceptors (Lipinski definition) is 4. The number of rotatable bonds is 9. The molecule has 0 radical (unpaired) electrons. The summed E-state index contributed by atoms with van der Waals surface area (Å²) < 4.78 is 5.51. The normalized spacial score (nSPS) is 10.6. The third-order valence-electron chi connectivity index (χ3n) is 2.78. The molecule has 1 N–H and O–H groups in total. The van der Waals surface area contributed by atoms with Crippen LogP contribution in [0.2, 0.25) is 0 Å². The molecule has 0 fully saturated rings. The van der Waals surface area contributed by atoms with Crippen molar-refractivity contribution >= 4 is 17.4 Å². The number of anilines is 1. The molecule has 0 saturated carbocycles. The van der Waals surface area contributed by atoms with Gasteiger partial charge in [-0.15, -0.1) is 11.8 Å². The second kappa shape index (κ2) is 9.68. The molecule has 3 nitrogen and oxygen atoms in total. The highest BCUT2D eigenvalue weighted by Crippen LogP contribution is 2.27. The average molecular weight is 292 g/mol. The van der Waals surface area contributed by atoms with E-state index in [0.29, 0.717) is 6.10 Å². The van der Waals surface area contributed by atoms with E-state index in [1.807, 2.05) is 32.0 Å². The van der Waals surface area contributed by atoms with Gasteiger partial charge in [-0.3, -0.25) is 0 Å². The van der Waals surface area contributed by atoms with Gasteiger partial charge in [-0.25, -0.2) is 0 Å². The van der Waals surface area contributed by atoms with Crippen LogP contribution in [0.15, 0.2) is 23.1 Å². The summed E-state index contributed by atoms with van der Waals surface area (Å²) in [5.74, 6) is 0.977. The van der Waals surface area contributed by atoms with Crippen LogP contribution in [0.4, 0.5) is 5.69 Å². The largest absolute Gasteiger partial charge is 0.384 e. The number of nitrogens with one attached hydrogen (secondary N) is 1. The van der Waals surface area contributed by atoms with Crippen LogP contribution in [-0.4, -0.2) is 25.0 Å². The molecular formula is C16H24N2OS. The molecule has 0 aliphatic carbocycles. The van der Waals surface area contributed by atoms with Crippen LogP contribution in [0.1, 0.15) is 39.2 Å². The van der Waals surface area contributed by atoms with Crippen molar-refractivity contribution in [3.63, 3.8) is 0 Å². The number of nitrogens with zero attached hydrogens (tertiary/aromatic N) is 1. The van der Waals surface area contributed by atoms with Gasteiger partial charge < -0.3 is 10.1 Å². The van der Waals surface area contributed by atoms with E-state index < -0.39 is 0 Å². The van der Waals surface area contributed by atoms with Crippen molar-refractivity contribution < 1.29 is 4.74 Å². The summed E-state index contributed by atoms with van der Waals surface area (Å²) in [6.45, 7) is 7.87. The first kappa shape index (κ1) is 16.9. The lowest BCUT2D eigenvalue weighted by molar-refractivity contribution is 0.0765. The Hall–Kier alpha value is -1.18. The zero-order valence-corrected chi connectivity index (χ0v) is 13.4. The zero-order valence-electron chi connectivity index (χ0n) is 12.6. The lowest BCUT2D eigenvalue weighted by atomic mass is 10.2. The molecule has 0 bridgehead atoms. The van der Waals surface area contributed by atoms with Crippen LogP contribution in [0.25, 0.3) is 0 Å². The van der Waals surface area contributed by atoms with Crippen molar-refractivity contribution in [3.05, 3.63) is 23.8 Å². The maximum atomic E-state index is 9.30. The van der Waals surface area contributed by atoms with Gasteiger partial charge in [0.05, 0.1) is 17.4 Å². The van der Waals surface area contributed by atoms with Gasteiger partial charge in [-0.05, 0) is 44.6 Å². The van der Waals surface area contributed by atoms with Crippen LogP contribution in [-0.2, 0) is 4.74 Å². The minimum Gasteiger partial charge on any atom is -0.384 e. The van der Waals surface area contributed by atoms with Gasteiger partial charge in [0.15, 0.2) is 0 Å². The van der Waals surface area contributed by atoms with Crippen LogP contribution < -0.4 is 5.32 Å². The van der Waals surface area contributed by atoms with Crippen LogP contribution >= 0.6 is 11.8 Å². The fourth-order valence-electron chi connectivity index (χ4n) is 1.84. The molecule has 0 amide bonds. The fraction of sp³-hybridized carbons (Fsp3) is 0.562. The van der Waals surface area contributed by atoms with Gasteiger partial charge in [-0.2, -0.15) is 5.26 Å². The summed E-state index contributed by atoms with van der Waals surface area (Å²) in [6.07, 6.45) is 2.38. The van der Waals surface area contributed by atoms with E-state index >= 15 is 0 Å². The van der Waals surface area contributed by atoms with Crippen molar-refractivity contribution in [1.29, 1.82) is 5.26 Å². The number of hydrogen-bond donors (Lipinski definition) is 1. The molecule has 0 spiro atoms. The Bertz CT molecular complexity index is 441. The summed E-state index contributed by atoms with van der Waals surface area (Å²) in [6, 6.07) is 8.29. The highest BCUT2D eigenvalue weighted by Gasteiger charge is 2.07. The minimum atomic E-state index is 0.302.